The molecule has 0 aliphatic carbocycles. The summed E-state index contributed by atoms with van der Waals surface area (Å²) in [4.78, 5) is 12.0. The lowest BCUT2D eigenvalue weighted by Gasteiger charge is -2.37. The zero-order valence-corrected chi connectivity index (χ0v) is 45.1. The molecular weight excluding hydrogens is 1000 g/mol. The summed E-state index contributed by atoms with van der Waals surface area (Å²) < 4.78 is 15.5. The van der Waals surface area contributed by atoms with Crippen LogP contribution in [0.5, 0.6) is 23.0 Å². The lowest BCUT2D eigenvalue weighted by atomic mass is 9.53. The number of benzene rings is 11. The van der Waals surface area contributed by atoms with Crippen molar-refractivity contribution in [3.05, 3.63) is 266 Å². The van der Waals surface area contributed by atoms with Crippen molar-refractivity contribution in [3.8, 4) is 23.0 Å². The lowest BCUT2D eigenvalue weighted by molar-refractivity contribution is 0.450. The minimum atomic E-state index is -0.153. The molecule has 0 saturated heterocycles. The first-order chi connectivity index (χ1) is 39.0. The molecule has 0 aromatic heterocycles. The zero-order chi connectivity index (χ0) is 52.6. The standard InChI is InChI=1S/C69H50B2N4O2S2/c1-46(2)65-68-55(70-66-59(74(51-33-17-7-18-34-51)57-37-21-23-39-63(57)78-70)41-53(43-61(66)76-68)72(47-25-9-3-10-26-47)48-27-11-4-12-28-48)45-56-69(65)77-62-44-54(73(49-29-13-5-14-30-49)50-31-15-6-16-32-50)42-60-67(62)71(56)79-64-40-24-22-38-58(64)75(60)52-35-19-8-20-36-52/h3-46H,1-2H3. The summed E-state index contributed by atoms with van der Waals surface area (Å²) >= 11 is 3.82. The van der Waals surface area contributed by atoms with Crippen LogP contribution in [-0.2, 0) is 0 Å². The molecule has 6 nitrogen and oxygen atoms in total. The summed E-state index contributed by atoms with van der Waals surface area (Å²) in [7, 11) is 0. The number of nitrogens with zero attached hydrogens (tertiary/aromatic N) is 4. The molecule has 79 heavy (non-hydrogen) atoms. The molecule has 376 valence electrons. The van der Waals surface area contributed by atoms with Crippen LogP contribution in [0.2, 0.25) is 0 Å². The molecule has 0 bridgehead atoms. The molecule has 0 spiro atoms. The van der Waals surface area contributed by atoms with Gasteiger partial charge in [0.05, 0.1) is 22.7 Å². The molecular formula is C69H50B2N4O2S2. The normalized spacial score (nSPS) is 13.3. The molecule has 4 aliphatic heterocycles. The molecule has 0 N–H and O–H groups in total. The fourth-order valence-corrected chi connectivity index (χ4v) is 14.8. The zero-order valence-electron chi connectivity index (χ0n) is 43.5. The van der Waals surface area contributed by atoms with E-state index in [1.165, 1.54) is 9.79 Å². The Morgan fingerprint density at radius 1 is 0.354 bits per heavy atom. The second-order valence-electron chi connectivity index (χ2n) is 20.5. The van der Waals surface area contributed by atoms with Crippen LogP contribution >= 0.6 is 23.2 Å². The lowest BCUT2D eigenvalue weighted by Crippen LogP contribution is -2.51. The predicted molar refractivity (Wildman–Crippen MR) is 334 cm³/mol. The number of para-hydroxylation sites is 8. The van der Waals surface area contributed by atoms with Crippen LogP contribution < -0.4 is 50.9 Å². The van der Waals surface area contributed by atoms with Crippen LogP contribution in [0.4, 0.5) is 68.2 Å². The fourth-order valence-electron chi connectivity index (χ4n) is 12.1. The third-order valence-corrected chi connectivity index (χ3v) is 18.1. The topological polar surface area (TPSA) is 31.4 Å². The minimum absolute atomic E-state index is 0.0140. The molecule has 0 amide bonds. The van der Waals surface area contributed by atoms with E-state index in [-0.39, 0.29) is 17.9 Å². The monoisotopic (exact) mass is 1050 g/mol. The molecule has 11 aromatic carbocycles. The van der Waals surface area contributed by atoms with Gasteiger partial charge in [0.15, 0.2) is 0 Å². The van der Waals surface area contributed by atoms with Crippen molar-refractivity contribution in [1.82, 2.24) is 0 Å². The molecule has 0 unspecified atom stereocenters. The van der Waals surface area contributed by atoms with Crippen molar-refractivity contribution < 1.29 is 9.47 Å². The highest BCUT2D eigenvalue weighted by molar-refractivity contribution is 8.28. The van der Waals surface area contributed by atoms with E-state index >= 15 is 0 Å². The Hall–Kier alpha value is -8.95. The Morgan fingerprint density at radius 2 is 0.684 bits per heavy atom. The molecule has 0 radical (unpaired) electrons. The fraction of sp³-hybridized carbons (Fsp3) is 0.0435. The van der Waals surface area contributed by atoms with Crippen molar-refractivity contribution in [2.75, 3.05) is 19.6 Å². The van der Waals surface area contributed by atoms with E-state index in [9.17, 15) is 0 Å². The van der Waals surface area contributed by atoms with Crippen molar-refractivity contribution in [3.63, 3.8) is 0 Å². The third-order valence-electron chi connectivity index (χ3n) is 15.4. The largest absolute Gasteiger partial charge is 0.458 e. The highest BCUT2D eigenvalue weighted by Crippen LogP contribution is 2.54. The summed E-state index contributed by atoms with van der Waals surface area (Å²) in [6.45, 7) is 4.57. The predicted octanol–water partition coefficient (Wildman–Crippen LogP) is 17.3. The highest BCUT2D eigenvalue weighted by Gasteiger charge is 2.47. The van der Waals surface area contributed by atoms with Crippen molar-refractivity contribution >= 4 is 125 Å². The van der Waals surface area contributed by atoms with Gasteiger partial charge in [-0.3, -0.25) is 0 Å². The van der Waals surface area contributed by atoms with Crippen LogP contribution in [0.25, 0.3) is 0 Å². The summed E-state index contributed by atoms with van der Waals surface area (Å²) in [6, 6.07) is 93.7. The maximum absolute atomic E-state index is 7.74. The van der Waals surface area contributed by atoms with Crippen molar-refractivity contribution in [1.29, 1.82) is 0 Å². The number of anilines is 12. The van der Waals surface area contributed by atoms with E-state index < -0.39 is 0 Å². The van der Waals surface area contributed by atoms with Gasteiger partial charge in [-0.05, 0) is 126 Å². The summed E-state index contributed by atoms with van der Waals surface area (Å²) in [5.74, 6) is 3.07. The Labute approximate surface area is 470 Å². The van der Waals surface area contributed by atoms with E-state index in [0.717, 1.165) is 119 Å². The molecule has 15 rings (SSSR count). The summed E-state index contributed by atoms with van der Waals surface area (Å²) in [6.07, 6.45) is 0. The minimum Gasteiger partial charge on any atom is -0.458 e. The van der Waals surface area contributed by atoms with E-state index in [0.29, 0.717) is 0 Å². The summed E-state index contributed by atoms with van der Waals surface area (Å²) in [5.41, 5.74) is 18.3. The number of rotatable bonds is 9. The second kappa shape index (κ2) is 19.5. The van der Waals surface area contributed by atoms with Gasteiger partial charge in [0, 0.05) is 83.9 Å². The van der Waals surface area contributed by atoms with Crippen LogP contribution in [-0.4, -0.2) is 12.0 Å². The molecule has 0 fully saturated rings. The van der Waals surface area contributed by atoms with Crippen LogP contribution in [0, 0.1) is 0 Å². The van der Waals surface area contributed by atoms with E-state index in [4.69, 9.17) is 9.47 Å². The van der Waals surface area contributed by atoms with Crippen LogP contribution in [0.3, 0.4) is 0 Å². The van der Waals surface area contributed by atoms with E-state index in [1.807, 2.05) is 23.2 Å². The number of fused-ring (bicyclic) bond motifs is 6. The second-order valence-corrected chi connectivity index (χ2v) is 22.8. The smallest absolute Gasteiger partial charge is 0.291 e. The quantitative estimate of drug-likeness (QED) is 0.132. The van der Waals surface area contributed by atoms with Gasteiger partial charge in [0.1, 0.15) is 23.0 Å². The van der Waals surface area contributed by atoms with Crippen molar-refractivity contribution in [2.24, 2.45) is 0 Å². The van der Waals surface area contributed by atoms with Gasteiger partial charge in [-0.1, -0.05) is 153 Å². The SMILES string of the molecule is CC(C)c1c2c(cc3c1Oc1cc(N(c4ccccc4)c4ccccc4)cc4c1B3Sc1ccccc1N4c1ccccc1)B1Sc3ccccc3N(c3ccccc3)c3cc(N(c4ccccc4)c4ccccc4)cc(c31)O2. The van der Waals surface area contributed by atoms with Gasteiger partial charge in [-0.25, -0.2) is 0 Å². The number of hydrogen-bond donors (Lipinski definition) is 0. The van der Waals surface area contributed by atoms with Gasteiger partial charge >= 0.3 is 0 Å². The van der Waals surface area contributed by atoms with Gasteiger partial charge in [0.25, 0.3) is 12.0 Å². The number of hydrogen-bond acceptors (Lipinski definition) is 8. The maximum Gasteiger partial charge on any atom is 0.291 e. The van der Waals surface area contributed by atoms with Gasteiger partial charge in [-0.2, -0.15) is 23.2 Å². The Kier molecular flexibility index (Phi) is 11.7. The molecule has 11 aromatic rings. The molecule has 4 heterocycles. The third kappa shape index (κ3) is 7.99. The van der Waals surface area contributed by atoms with Gasteiger partial charge in [-0.15, -0.1) is 0 Å². The first kappa shape index (κ1) is 47.3. The first-order valence-corrected chi connectivity index (χ1v) is 28.7. The maximum atomic E-state index is 7.74. The molecule has 0 atom stereocenters. The summed E-state index contributed by atoms with van der Waals surface area (Å²) in [5, 5.41) is 0. The highest BCUT2D eigenvalue weighted by atomic mass is 32.2. The van der Waals surface area contributed by atoms with E-state index in [2.05, 4.69) is 294 Å². The average molecular weight is 1050 g/mol. The van der Waals surface area contributed by atoms with Gasteiger partial charge < -0.3 is 29.1 Å². The van der Waals surface area contributed by atoms with Crippen molar-refractivity contribution in [2.45, 2.75) is 29.6 Å². The molecule has 4 aliphatic rings. The Morgan fingerprint density at radius 3 is 1.04 bits per heavy atom. The van der Waals surface area contributed by atoms with Crippen LogP contribution in [0.15, 0.2) is 271 Å². The van der Waals surface area contributed by atoms with Crippen LogP contribution in [0.1, 0.15) is 25.3 Å². The van der Waals surface area contributed by atoms with E-state index in [1.54, 1.807) is 0 Å². The number of ether oxygens (including phenoxy) is 2. The first-order valence-electron chi connectivity index (χ1n) is 27.0. The average Bonchev–Trinajstić information content (AvgIpc) is 3.55. The molecule has 0 saturated carbocycles. The van der Waals surface area contributed by atoms with Gasteiger partial charge in [0.2, 0.25) is 0 Å². The Balaban J connectivity index is 0.999. The Bertz CT molecular complexity index is 3770. The molecule has 10 heteroatoms.